The van der Waals surface area contributed by atoms with Crippen LogP contribution in [0.15, 0.2) is 188 Å². The van der Waals surface area contributed by atoms with Crippen LogP contribution in [0, 0.1) is 0 Å². The van der Waals surface area contributed by atoms with Crippen molar-refractivity contribution < 1.29 is 0 Å². The van der Waals surface area contributed by atoms with E-state index in [1.807, 2.05) is 12.2 Å². The summed E-state index contributed by atoms with van der Waals surface area (Å²) in [5, 5.41) is 0. The van der Waals surface area contributed by atoms with Gasteiger partial charge in [0.05, 0.1) is 5.41 Å². The molecule has 1 spiro atoms. The largest absolute Gasteiger partial charge is 0.314 e. The van der Waals surface area contributed by atoms with Gasteiger partial charge in [0.1, 0.15) is 0 Å². The summed E-state index contributed by atoms with van der Waals surface area (Å²) in [7, 11) is 0. The topological polar surface area (TPSA) is 3.24 Å². The molecule has 0 amide bonds. The van der Waals surface area contributed by atoms with Gasteiger partial charge in [0, 0.05) is 28.9 Å². The summed E-state index contributed by atoms with van der Waals surface area (Å²) in [6, 6.07) is 58.2. The molecule has 62 heavy (non-hydrogen) atoms. The SMILES string of the molecule is C=C/C=C\C=C(/Cc1ccccc1)N(c1ccc2c(c1)-c1ccccc1C2(C)C)c1ccc2c(c1)C1(c3ccccc3-2)c2cc(C(C)(C)C)ccc2-c2ccc(C(C)(C)C)cc21. The molecule has 7 aromatic carbocycles. The van der Waals surface area contributed by atoms with Gasteiger partial charge in [0.25, 0.3) is 0 Å². The van der Waals surface area contributed by atoms with Crippen molar-refractivity contribution >= 4 is 11.4 Å². The first-order chi connectivity index (χ1) is 29.7. The number of allylic oxidation sites excluding steroid dienone is 5. The molecule has 7 aromatic rings. The van der Waals surface area contributed by atoms with E-state index in [1.165, 1.54) is 89.1 Å². The number of fused-ring (bicyclic) bond motifs is 13. The Hall–Kier alpha value is -6.44. The van der Waals surface area contributed by atoms with E-state index in [0.717, 1.165) is 17.8 Å². The summed E-state index contributed by atoms with van der Waals surface area (Å²) >= 11 is 0. The summed E-state index contributed by atoms with van der Waals surface area (Å²) in [6.07, 6.45) is 9.06. The smallest absolute Gasteiger partial charge is 0.0726 e. The lowest BCUT2D eigenvalue weighted by Crippen LogP contribution is -2.28. The quantitative estimate of drug-likeness (QED) is 0.145. The summed E-state index contributed by atoms with van der Waals surface area (Å²) in [5.74, 6) is 0. The maximum atomic E-state index is 4.03. The van der Waals surface area contributed by atoms with Crippen molar-refractivity contribution in [1.29, 1.82) is 0 Å². The third kappa shape index (κ3) is 6.04. The summed E-state index contributed by atoms with van der Waals surface area (Å²) < 4.78 is 0. The van der Waals surface area contributed by atoms with Gasteiger partial charge < -0.3 is 4.90 Å². The van der Waals surface area contributed by atoms with Gasteiger partial charge >= 0.3 is 0 Å². The fraction of sp³-hybridized carbons (Fsp3) is 0.213. The molecule has 0 unspecified atom stereocenters. The minimum Gasteiger partial charge on any atom is -0.314 e. The molecule has 0 fully saturated rings. The van der Waals surface area contributed by atoms with Gasteiger partial charge in [-0.05, 0) is 125 Å². The molecule has 0 radical (unpaired) electrons. The predicted octanol–water partition coefficient (Wildman–Crippen LogP) is 15.9. The molecule has 0 aromatic heterocycles. The van der Waals surface area contributed by atoms with Gasteiger partial charge in [-0.1, -0.05) is 208 Å². The summed E-state index contributed by atoms with van der Waals surface area (Å²) in [5.41, 5.74) is 22.9. The highest BCUT2D eigenvalue weighted by molar-refractivity contribution is 5.96. The Bertz CT molecular complexity index is 2930. The number of nitrogens with zero attached hydrogens (tertiary/aromatic N) is 1. The number of benzene rings is 7. The highest BCUT2D eigenvalue weighted by Crippen LogP contribution is 2.64. The molecule has 0 N–H and O–H groups in total. The van der Waals surface area contributed by atoms with Gasteiger partial charge in [-0.2, -0.15) is 0 Å². The second-order valence-electron chi connectivity index (χ2n) is 20.2. The Kier molecular flexibility index (Phi) is 9.16. The Morgan fingerprint density at radius 3 is 1.58 bits per heavy atom. The maximum Gasteiger partial charge on any atom is 0.0726 e. The van der Waals surface area contributed by atoms with E-state index in [9.17, 15) is 0 Å². The van der Waals surface area contributed by atoms with Gasteiger partial charge in [0.15, 0.2) is 0 Å². The average Bonchev–Trinajstić information content (AvgIpc) is 3.81. The highest BCUT2D eigenvalue weighted by Gasteiger charge is 2.52. The molecule has 1 heteroatoms. The van der Waals surface area contributed by atoms with Crippen LogP contribution >= 0.6 is 0 Å². The summed E-state index contributed by atoms with van der Waals surface area (Å²) in [4.78, 5) is 2.53. The van der Waals surface area contributed by atoms with E-state index in [1.54, 1.807) is 0 Å². The first-order valence-corrected chi connectivity index (χ1v) is 22.3. The van der Waals surface area contributed by atoms with Crippen molar-refractivity contribution in [1.82, 2.24) is 0 Å². The van der Waals surface area contributed by atoms with Crippen molar-refractivity contribution in [2.24, 2.45) is 0 Å². The molecule has 3 aliphatic carbocycles. The van der Waals surface area contributed by atoms with Crippen LogP contribution in [0.5, 0.6) is 0 Å². The molecule has 306 valence electrons. The van der Waals surface area contributed by atoms with E-state index in [4.69, 9.17) is 0 Å². The Balaban J connectivity index is 1.28. The van der Waals surface area contributed by atoms with Crippen LogP contribution in [-0.2, 0) is 28.1 Å². The first-order valence-electron chi connectivity index (χ1n) is 22.3. The zero-order chi connectivity index (χ0) is 43.2. The molecular weight excluding hydrogens is 747 g/mol. The van der Waals surface area contributed by atoms with Crippen LogP contribution in [0.1, 0.15) is 105 Å². The number of hydrogen-bond acceptors (Lipinski definition) is 1. The van der Waals surface area contributed by atoms with Crippen molar-refractivity contribution in [2.75, 3.05) is 4.90 Å². The van der Waals surface area contributed by atoms with Gasteiger partial charge in [-0.25, -0.2) is 0 Å². The maximum absolute atomic E-state index is 4.03. The molecule has 0 bridgehead atoms. The number of hydrogen-bond donors (Lipinski definition) is 0. The fourth-order valence-electron chi connectivity index (χ4n) is 10.8. The van der Waals surface area contributed by atoms with Gasteiger partial charge in [-0.15, -0.1) is 0 Å². The molecule has 0 aliphatic heterocycles. The minimum atomic E-state index is -0.506. The van der Waals surface area contributed by atoms with Crippen LogP contribution < -0.4 is 4.90 Å². The lowest BCUT2D eigenvalue weighted by Gasteiger charge is -2.34. The molecule has 0 heterocycles. The lowest BCUT2D eigenvalue weighted by molar-refractivity contribution is 0.586. The predicted molar refractivity (Wildman–Crippen MR) is 264 cm³/mol. The van der Waals surface area contributed by atoms with Crippen molar-refractivity contribution in [3.63, 3.8) is 0 Å². The molecule has 0 saturated heterocycles. The normalized spacial score (nSPS) is 15.2. The van der Waals surface area contributed by atoms with Crippen LogP contribution in [0.3, 0.4) is 0 Å². The molecule has 0 saturated carbocycles. The number of rotatable bonds is 7. The minimum absolute atomic E-state index is 0.0159. The molecule has 0 atom stereocenters. The Morgan fingerprint density at radius 2 is 0.968 bits per heavy atom. The first kappa shape index (κ1) is 39.7. The second kappa shape index (κ2) is 14.3. The van der Waals surface area contributed by atoms with Crippen molar-refractivity contribution in [2.45, 2.75) is 83.5 Å². The van der Waals surface area contributed by atoms with Crippen LogP contribution in [0.25, 0.3) is 33.4 Å². The van der Waals surface area contributed by atoms with Crippen molar-refractivity contribution in [3.05, 3.63) is 238 Å². The monoisotopic (exact) mass is 803 g/mol. The average molecular weight is 804 g/mol. The third-order valence-electron chi connectivity index (χ3n) is 14.0. The molecule has 3 aliphatic rings. The molecular formula is C61H57N. The van der Waals surface area contributed by atoms with E-state index >= 15 is 0 Å². The van der Waals surface area contributed by atoms with E-state index < -0.39 is 5.41 Å². The Morgan fingerprint density at radius 1 is 0.484 bits per heavy atom. The summed E-state index contributed by atoms with van der Waals surface area (Å²) in [6.45, 7) is 22.8. The zero-order valence-corrected chi connectivity index (χ0v) is 37.6. The van der Waals surface area contributed by atoms with Gasteiger partial charge in [0.2, 0.25) is 0 Å². The fourth-order valence-corrected chi connectivity index (χ4v) is 10.8. The third-order valence-corrected chi connectivity index (χ3v) is 14.0. The molecule has 1 nitrogen and oxygen atoms in total. The molecule has 10 rings (SSSR count). The van der Waals surface area contributed by atoms with Gasteiger partial charge in [-0.3, -0.25) is 0 Å². The zero-order valence-electron chi connectivity index (χ0n) is 37.6. The lowest BCUT2D eigenvalue weighted by atomic mass is 9.68. The van der Waals surface area contributed by atoms with E-state index in [0.29, 0.717) is 0 Å². The van der Waals surface area contributed by atoms with E-state index in [2.05, 4.69) is 231 Å². The van der Waals surface area contributed by atoms with E-state index in [-0.39, 0.29) is 16.2 Å². The van der Waals surface area contributed by atoms with Crippen LogP contribution in [-0.4, -0.2) is 0 Å². The Labute approximate surface area is 369 Å². The second-order valence-corrected chi connectivity index (χ2v) is 20.2. The van der Waals surface area contributed by atoms with Crippen LogP contribution in [0.2, 0.25) is 0 Å². The van der Waals surface area contributed by atoms with Crippen LogP contribution in [0.4, 0.5) is 11.4 Å². The number of anilines is 2. The van der Waals surface area contributed by atoms with Crippen molar-refractivity contribution in [3.8, 4) is 33.4 Å². The standard InChI is InChI=1S/C61H57N/c1-10-11-13-22-43(35-40-20-14-12-15-21-40)62(44-30-34-53-51(38-44)47-24-16-18-25-52(47)60(53,8)9)45-29-33-50-46-23-17-19-26-54(46)61(57(50)39-45)55-36-41(58(2,3)4)27-31-48(55)49-32-28-42(37-56(49)61)59(5,6)7/h10-34,36-39H,1,35H2,2-9H3/b13-11-,43-22+. The highest BCUT2D eigenvalue weighted by atomic mass is 15.1.